The summed E-state index contributed by atoms with van der Waals surface area (Å²) < 4.78 is 48.0. The zero-order chi connectivity index (χ0) is 27.1. The van der Waals surface area contributed by atoms with E-state index in [0.717, 1.165) is 6.26 Å². The van der Waals surface area contributed by atoms with Crippen molar-refractivity contribution in [2.24, 2.45) is 18.4 Å². The molecule has 13 heteroatoms. The fourth-order valence-corrected chi connectivity index (χ4v) is 4.15. The van der Waals surface area contributed by atoms with Gasteiger partial charge >= 0.3 is 6.18 Å². The summed E-state index contributed by atoms with van der Waals surface area (Å²) in [5.74, 6) is -2.13. The second kappa shape index (κ2) is 9.45. The topological polar surface area (TPSA) is 123 Å². The van der Waals surface area contributed by atoms with Gasteiger partial charge in [-0.1, -0.05) is 20.8 Å². The van der Waals surface area contributed by atoms with Gasteiger partial charge in [-0.2, -0.15) is 18.3 Å². The van der Waals surface area contributed by atoms with Crippen LogP contribution >= 0.6 is 0 Å². The van der Waals surface area contributed by atoms with Gasteiger partial charge in [-0.15, -0.1) is 0 Å². The van der Waals surface area contributed by atoms with Crippen LogP contribution in [-0.2, 0) is 16.6 Å². The number of oxazole rings is 1. The van der Waals surface area contributed by atoms with Gasteiger partial charge in [0.25, 0.3) is 5.91 Å². The zero-order valence-electron chi connectivity index (χ0n) is 20.5. The van der Waals surface area contributed by atoms with Crippen molar-refractivity contribution in [1.82, 2.24) is 19.7 Å². The Morgan fingerprint density at radius 3 is 2.59 bits per heavy atom. The van der Waals surface area contributed by atoms with E-state index >= 15 is 0 Å². The molecule has 0 spiro atoms. The maximum atomic E-state index is 13.7. The van der Waals surface area contributed by atoms with Gasteiger partial charge in [-0.25, -0.2) is 4.98 Å². The summed E-state index contributed by atoms with van der Waals surface area (Å²) in [5, 5.41) is 6.84. The van der Waals surface area contributed by atoms with E-state index in [-0.39, 0.29) is 53.2 Å². The maximum Gasteiger partial charge on any atom is 0.401 e. The molecule has 1 N–H and O–H groups in total. The highest BCUT2D eigenvalue weighted by Crippen LogP contribution is 2.45. The molecule has 10 nitrogen and oxygen atoms in total. The minimum atomic E-state index is -4.60. The molecule has 3 aromatic heterocycles. The molecule has 1 unspecified atom stereocenters. The molecule has 1 fully saturated rings. The van der Waals surface area contributed by atoms with Crippen molar-refractivity contribution >= 4 is 29.6 Å². The number of aldehydes is 1. The molecule has 4 heterocycles. The first kappa shape index (κ1) is 26.0. The third kappa shape index (κ3) is 5.39. The number of carbonyl (C=O) groups excluding carboxylic acids is 3. The first-order chi connectivity index (χ1) is 17.3. The Kier molecular flexibility index (Phi) is 6.65. The van der Waals surface area contributed by atoms with Gasteiger partial charge < -0.3 is 14.5 Å². The van der Waals surface area contributed by atoms with Gasteiger partial charge in [0, 0.05) is 37.7 Å². The lowest BCUT2D eigenvalue weighted by Gasteiger charge is -2.31. The summed E-state index contributed by atoms with van der Waals surface area (Å²) in [6.45, 7) is 4.48. The SMILES string of the molecule is Cn1cc(NC(=O)c2coc(-c3ccnc([C](C(C)(C)C)C(F)(F)F)c3)n2)c(N2CC(C=O)CC2=O)n1. The van der Waals surface area contributed by atoms with E-state index in [2.05, 4.69) is 20.4 Å². The minimum Gasteiger partial charge on any atom is -0.444 e. The molecule has 0 bridgehead atoms. The number of aromatic nitrogens is 4. The molecule has 1 atom stereocenters. The van der Waals surface area contributed by atoms with Gasteiger partial charge in [0.05, 0.1) is 11.9 Å². The highest BCUT2D eigenvalue weighted by molar-refractivity contribution is 6.07. The largest absolute Gasteiger partial charge is 0.444 e. The average molecular weight is 517 g/mol. The Morgan fingerprint density at radius 1 is 1.24 bits per heavy atom. The number of anilines is 2. The Morgan fingerprint density at radius 2 is 1.97 bits per heavy atom. The van der Waals surface area contributed by atoms with Crippen molar-refractivity contribution < 1.29 is 32.0 Å². The quantitative estimate of drug-likeness (QED) is 0.493. The predicted octanol–water partition coefficient (Wildman–Crippen LogP) is 3.81. The van der Waals surface area contributed by atoms with Crippen molar-refractivity contribution in [3.05, 3.63) is 48.1 Å². The predicted molar refractivity (Wildman–Crippen MR) is 125 cm³/mol. The molecule has 37 heavy (non-hydrogen) atoms. The number of rotatable bonds is 6. The summed E-state index contributed by atoms with van der Waals surface area (Å²) >= 11 is 0. The van der Waals surface area contributed by atoms with Crippen LogP contribution in [0.5, 0.6) is 0 Å². The molecule has 1 aliphatic heterocycles. The van der Waals surface area contributed by atoms with Gasteiger partial charge in [-0.05, 0) is 17.5 Å². The third-order valence-electron chi connectivity index (χ3n) is 5.69. The monoisotopic (exact) mass is 517 g/mol. The van der Waals surface area contributed by atoms with Crippen LogP contribution in [0.2, 0.25) is 0 Å². The van der Waals surface area contributed by atoms with E-state index in [1.54, 1.807) is 7.05 Å². The molecule has 3 aromatic rings. The normalized spacial score (nSPS) is 16.5. The number of nitrogens with one attached hydrogen (secondary N) is 1. The van der Waals surface area contributed by atoms with Crippen molar-refractivity contribution in [1.29, 1.82) is 0 Å². The summed E-state index contributed by atoms with van der Waals surface area (Å²) in [7, 11) is 1.61. The smallest absolute Gasteiger partial charge is 0.401 e. The van der Waals surface area contributed by atoms with E-state index in [1.165, 1.54) is 54.9 Å². The number of carbonyl (C=O) groups is 3. The Bertz CT molecular complexity index is 1330. The third-order valence-corrected chi connectivity index (χ3v) is 5.69. The van der Waals surface area contributed by atoms with Crippen LogP contribution in [0.1, 0.15) is 43.4 Å². The van der Waals surface area contributed by atoms with E-state index in [0.29, 0.717) is 6.29 Å². The number of alkyl halides is 3. The minimum absolute atomic E-state index is 0.0523. The molecular formula is C24H24F3N6O4. The van der Waals surface area contributed by atoms with E-state index in [4.69, 9.17) is 4.42 Å². The Labute approximate surface area is 209 Å². The second-order valence-corrected chi connectivity index (χ2v) is 9.69. The van der Waals surface area contributed by atoms with Gasteiger partial charge in [0.2, 0.25) is 11.8 Å². The fraction of sp³-hybridized carbons (Fsp3) is 0.375. The average Bonchev–Trinajstić information content (AvgIpc) is 3.50. The molecule has 0 aromatic carbocycles. The van der Waals surface area contributed by atoms with Crippen LogP contribution in [0.4, 0.5) is 24.7 Å². The molecular weight excluding hydrogens is 493 g/mol. The number of amides is 2. The Balaban J connectivity index is 1.57. The number of halogens is 3. The van der Waals surface area contributed by atoms with Crippen molar-refractivity contribution in [3.63, 3.8) is 0 Å². The van der Waals surface area contributed by atoms with Crippen molar-refractivity contribution in [2.45, 2.75) is 33.4 Å². The van der Waals surface area contributed by atoms with Crippen LogP contribution in [-0.4, -0.2) is 50.6 Å². The molecule has 0 aliphatic carbocycles. The summed E-state index contributed by atoms with van der Waals surface area (Å²) in [6, 6.07) is 2.64. The van der Waals surface area contributed by atoms with Gasteiger partial charge in [0.15, 0.2) is 11.5 Å². The summed E-state index contributed by atoms with van der Waals surface area (Å²) in [6.07, 6.45) is -0.0640. The van der Waals surface area contributed by atoms with E-state index < -0.39 is 29.3 Å². The second-order valence-electron chi connectivity index (χ2n) is 9.69. The number of hydrogen-bond acceptors (Lipinski definition) is 7. The summed E-state index contributed by atoms with van der Waals surface area (Å²) in [5.41, 5.74) is -1.21. The molecule has 1 saturated heterocycles. The van der Waals surface area contributed by atoms with Crippen LogP contribution in [0.15, 0.2) is 35.2 Å². The highest BCUT2D eigenvalue weighted by atomic mass is 19.4. The molecule has 1 aliphatic rings. The van der Waals surface area contributed by atoms with Crippen LogP contribution in [0, 0.1) is 17.3 Å². The van der Waals surface area contributed by atoms with Gasteiger partial charge in [-0.3, -0.25) is 24.2 Å². The standard InChI is InChI=1S/C24H24F3N6O4/c1-23(2,3)19(24(25,26)27)15-8-14(5-6-28-15)22-30-17(12-37-22)21(36)29-16-10-32(4)31-20(16)33-9-13(11-34)7-18(33)35/h5-6,8,10-13H,7,9H2,1-4H3,(H,29,36). The molecule has 4 rings (SSSR count). The molecule has 195 valence electrons. The van der Waals surface area contributed by atoms with Gasteiger partial charge in [0.1, 0.15) is 24.2 Å². The number of aryl methyl sites for hydroxylation is 1. The van der Waals surface area contributed by atoms with E-state index in [1.807, 2.05) is 0 Å². The highest BCUT2D eigenvalue weighted by Gasteiger charge is 2.49. The zero-order valence-corrected chi connectivity index (χ0v) is 20.5. The Hall–Kier alpha value is -4.03. The van der Waals surface area contributed by atoms with Crippen molar-refractivity contribution in [2.75, 3.05) is 16.8 Å². The molecule has 0 saturated carbocycles. The van der Waals surface area contributed by atoms with Crippen LogP contribution in [0.3, 0.4) is 0 Å². The summed E-state index contributed by atoms with van der Waals surface area (Å²) in [4.78, 5) is 45.6. The maximum absolute atomic E-state index is 13.7. The van der Waals surface area contributed by atoms with E-state index in [9.17, 15) is 27.6 Å². The fourth-order valence-electron chi connectivity index (χ4n) is 4.15. The molecule has 1 radical (unpaired) electrons. The first-order valence-electron chi connectivity index (χ1n) is 11.3. The number of pyridine rings is 1. The van der Waals surface area contributed by atoms with Crippen LogP contribution < -0.4 is 10.2 Å². The number of nitrogens with zero attached hydrogens (tertiary/aromatic N) is 5. The number of hydrogen-bond donors (Lipinski definition) is 1. The van der Waals surface area contributed by atoms with Crippen molar-refractivity contribution in [3.8, 4) is 11.5 Å². The lowest BCUT2D eigenvalue weighted by atomic mass is 9.78. The lowest BCUT2D eigenvalue weighted by molar-refractivity contribution is -0.124. The first-order valence-corrected chi connectivity index (χ1v) is 11.3. The van der Waals surface area contributed by atoms with Crippen LogP contribution in [0.25, 0.3) is 11.5 Å². The molecule has 2 amide bonds. The lowest BCUT2D eigenvalue weighted by Crippen LogP contribution is -2.33.